The number of methoxy groups -OCH3 is 1. The van der Waals surface area contributed by atoms with E-state index in [1.807, 2.05) is 0 Å². The molecule has 1 aromatic carbocycles. The Bertz CT molecular complexity index is 312. The zero-order valence-electron chi connectivity index (χ0n) is 6.30. The molecule has 0 spiro atoms. The van der Waals surface area contributed by atoms with Gasteiger partial charge in [0.25, 0.3) is 0 Å². The van der Waals surface area contributed by atoms with E-state index in [-0.39, 0.29) is 10.6 Å². The van der Waals surface area contributed by atoms with E-state index in [9.17, 15) is 9.18 Å². The van der Waals surface area contributed by atoms with Crippen molar-refractivity contribution in [2.75, 3.05) is 7.11 Å². The van der Waals surface area contributed by atoms with Crippen molar-refractivity contribution in [1.82, 2.24) is 0 Å². The van der Waals surface area contributed by atoms with Crippen molar-refractivity contribution in [3.8, 4) is 0 Å². The third-order valence-electron chi connectivity index (χ3n) is 1.36. The van der Waals surface area contributed by atoms with E-state index in [0.717, 1.165) is 0 Å². The lowest BCUT2D eigenvalue weighted by molar-refractivity contribution is 0.0595. The molecule has 0 saturated carbocycles. The number of rotatable bonds is 1. The Balaban J connectivity index is 3.16. The Morgan fingerprint density at radius 1 is 1.58 bits per heavy atom. The number of halogens is 2. The summed E-state index contributed by atoms with van der Waals surface area (Å²) in [5.74, 6) is -1.47. The molecule has 0 radical (unpaired) electrons. The fourth-order valence-electron chi connectivity index (χ4n) is 0.771. The van der Waals surface area contributed by atoms with Crippen LogP contribution in [0.1, 0.15) is 10.4 Å². The van der Waals surface area contributed by atoms with Crippen LogP contribution in [0.3, 0.4) is 0 Å². The summed E-state index contributed by atoms with van der Waals surface area (Å²) in [6, 6.07) is 4.16. The molecule has 0 saturated heterocycles. The predicted octanol–water partition coefficient (Wildman–Crippen LogP) is 2.27. The average molecular weight is 189 g/mol. The van der Waals surface area contributed by atoms with Crippen LogP contribution in [0, 0.1) is 5.82 Å². The predicted molar refractivity (Wildman–Crippen MR) is 42.7 cm³/mol. The number of ether oxygens (including phenoxy) is 1. The van der Waals surface area contributed by atoms with Gasteiger partial charge >= 0.3 is 5.97 Å². The molecule has 0 aliphatic rings. The molecule has 0 amide bonds. The maximum Gasteiger partial charge on any atom is 0.340 e. The summed E-state index contributed by atoms with van der Waals surface area (Å²) in [6.07, 6.45) is 0. The Morgan fingerprint density at radius 3 is 2.83 bits per heavy atom. The van der Waals surface area contributed by atoms with Crippen LogP contribution in [0.5, 0.6) is 0 Å². The van der Waals surface area contributed by atoms with E-state index in [0.29, 0.717) is 0 Å². The van der Waals surface area contributed by atoms with Gasteiger partial charge in [-0.05, 0) is 12.1 Å². The first kappa shape index (κ1) is 9.00. The van der Waals surface area contributed by atoms with Gasteiger partial charge in [-0.1, -0.05) is 17.7 Å². The molecule has 1 aromatic rings. The number of hydrogen-bond acceptors (Lipinski definition) is 2. The molecule has 0 aliphatic heterocycles. The summed E-state index contributed by atoms with van der Waals surface area (Å²) >= 11 is 5.43. The first-order chi connectivity index (χ1) is 5.66. The van der Waals surface area contributed by atoms with Crippen LogP contribution in [0.15, 0.2) is 18.2 Å². The molecule has 0 N–H and O–H groups in total. The number of carbonyl (C=O) groups excluding carboxylic acids is 1. The van der Waals surface area contributed by atoms with Crippen LogP contribution in [-0.2, 0) is 4.74 Å². The summed E-state index contributed by atoms with van der Waals surface area (Å²) < 4.78 is 17.3. The molecule has 0 aliphatic carbocycles. The minimum Gasteiger partial charge on any atom is -0.465 e. The summed E-state index contributed by atoms with van der Waals surface area (Å²) in [4.78, 5) is 10.9. The number of benzene rings is 1. The van der Waals surface area contributed by atoms with Gasteiger partial charge in [0, 0.05) is 0 Å². The minimum absolute atomic E-state index is 0.0853. The van der Waals surface area contributed by atoms with E-state index >= 15 is 0 Å². The normalized spacial score (nSPS) is 9.58. The smallest absolute Gasteiger partial charge is 0.340 e. The minimum atomic E-state index is -0.744. The van der Waals surface area contributed by atoms with E-state index in [1.54, 1.807) is 0 Å². The third kappa shape index (κ3) is 1.56. The second-order valence-electron chi connectivity index (χ2n) is 2.09. The fraction of sp³-hybridized carbons (Fsp3) is 0.125. The van der Waals surface area contributed by atoms with Crippen molar-refractivity contribution in [3.63, 3.8) is 0 Å². The van der Waals surface area contributed by atoms with Crippen molar-refractivity contribution in [3.05, 3.63) is 34.6 Å². The highest BCUT2D eigenvalue weighted by Crippen LogP contribution is 2.18. The Hall–Kier alpha value is -1.09. The van der Waals surface area contributed by atoms with Gasteiger partial charge in [0.05, 0.1) is 17.7 Å². The van der Waals surface area contributed by atoms with E-state index in [2.05, 4.69) is 4.74 Å². The largest absolute Gasteiger partial charge is 0.465 e. The topological polar surface area (TPSA) is 26.3 Å². The van der Waals surface area contributed by atoms with Gasteiger partial charge in [0.1, 0.15) is 0 Å². The first-order valence-corrected chi connectivity index (χ1v) is 3.57. The van der Waals surface area contributed by atoms with Gasteiger partial charge in [-0.25, -0.2) is 9.18 Å². The van der Waals surface area contributed by atoms with Crippen molar-refractivity contribution >= 4 is 17.6 Å². The molecule has 12 heavy (non-hydrogen) atoms. The lowest BCUT2D eigenvalue weighted by atomic mass is 10.2. The maximum atomic E-state index is 13.0. The van der Waals surface area contributed by atoms with E-state index in [4.69, 9.17) is 11.6 Å². The lowest BCUT2D eigenvalue weighted by Gasteiger charge is -2.00. The monoisotopic (exact) mass is 188 g/mol. The number of carbonyl (C=O) groups is 1. The standard InChI is InChI=1S/C8H6ClFO2/c1-12-8(11)5-3-2-4-6(9)7(5)10/h2-4H,1H3. The van der Waals surface area contributed by atoms with Gasteiger partial charge in [0.2, 0.25) is 0 Å². The van der Waals surface area contributed by atoms with Gasteiger partial charge in [-0.3, -0.25) is 0 Å². The average Bonchev–Trinajstić information content (AvgIpc) is 2.08. The van der Waals surface area contributed by atoms with Crippen LogP contribution in [-0.4, -0.2) is 13.1 Å². The van der Waals surface area contributed by atoms with E-state index in [1.165, 1.54) is 25.3 Å². The molecule has 0 fully saturated rings. The van der Waals surface area contributed by atoms with Crippen molar-refractivity contribution in [2.24, 2.45) is 0 Å². The highest BCUT2D eigenvalue weighted by molar-refractivity contribution is 6.31. The Morgan fingerprint density at radius 2 is 2.25 bits per heavy atom. The molecule has 0 atom stereocenters. The molecule has 0 unspecified atom stereocenters. The fourth-order valence-corrected chi connectivity index (χ4v) is 0.946. The second-order valence-corrected chi connectivity index (χ2v) is 2.50. The molecule has 2 nitrogen and oxygen atoms in total. The number of esters is 1. The van der Waals surface area contributed by atoms with Crippen LogP contribution in [0.2, 0.25) is 5.02 Å². The first-order valence-electron chi connectivity index (χ1n) is 3.19. The quantitative estimate of drug-likeness (QED) is 0.632. The van der Waals surface area contributed by atoms with E-state index < -0.39 is 11.8 Å². The summed E-state index contributed by atoms with van der Waals surface area (Å²) in [5.41, 5.74) is -0.148. The molecule has 1 rings (SSSR count). The van der Waals surface area contributed by atoms with Crippen molar-refractivity contribution in [1.29, 1.82) is 0 Å². The van der Waals surface area contributed by atoms with Gasteiger partial charge < -0.3 is 4.74 Å². The molecule has 0 bridgehead atoms. The lowest BCUT2D eigenvalue weighted by Crippen LogP contribution is -2.04. The molecular formula is C8H6ClFO2. The van der Waals surface area contributed by atoms with Crippen molar-refractivity contribution < 1.29 is 13.9 Å². The maximum absolute atomic E-state index is 13.0. The number of hydrogen-bond donors (Lipinski definition) is 0. The third-order valence-corrected chi connectivity index (χ3v) is 1.65. The van der Waals surface area contributed by atoms with Crippen LogP contribution in [0.4, 0.5) is 4.39 Å². The zero-order chi connectivity index (χ0) is 9.14. The van der Waals surface area contributed by atoms with Crippen LogP contribution < -0.4 is 0 Å². The Labute approximate surface area is 73.9 Å². The Kier molecular flexibility index (Phi) is 2.65. The SMILES string of the molecule is COC(=O)c1cccc(Cl)c1F. The molecule has 64 valence electrons. The molecule has 0 aromatic heterocycles. The van der Waals surface area contributed by atoms with Crippen LogP contribution in [0.25, 0.3) is 0 Å². The highest BCUT2D eigenvalue weighted by Gasteiger charge is 2.13. The summed E-state index contributed by atoms with van der Waals surface area (Å²) in [5, 5.41) is -0.0853. The van der Waals surface area contributed by atoms with Crippen molar-refractivity contribution in [2.45, 2.75) is 0 Å². The molecular weight excluding hydrogens is 183 g/mol. The zero-order valence-corrected chi connectivity index (χ0v) is 7.06. The summed E-state index contributed by atoms with van der Waals surface area (Å²) in [6.45, 7) is 0. The summed E-state index contributed by atoms with van der Waals surface area (Å²) in [7, 11) is 1.18. The highest BCUT2D eigenvalue weighted by atomic mass is 35.5. The second kappa shape index (κ2) is 3.54. The van der Waals surface area contributed by atoms with Gasteiger partial charge in [0.15, 0.2) is 5.82 Å². The van der Waals surface area contributed by atoms with Gasteiger partial charge in [-0.2, -0.15) is 0 Å². The van der Waals surface area contributed by atoms with Crippen LogP contribution >= 0.6 is 11.6 Å². The molecule has 0 heterocycles. The van der Waals surface area contributed by atoms with Gasteiger partial charge in [-0.15, -0.1) is 0 Å². The molecule has 4 heteroatoms.